The normalized spacial score (nSPS) is 29.2. The van der Waals surface area contributed by atoms with Gasteiger partial charge in [0, 0.05) is 86.1 Å². The van der Waals surface area contributed by atoms with Crippen molar-refractivity contribution in [2.75, 3.05) is 43.5 Å². The monoisotopic (exact) mass is 953 g/mol. The Morgan fingerprint density at radius 1 is 0.986 bits per heavy atom. The summed E-state index contributed by atoms with van der Waals surface area (Å²) in [5.41, 5.74) is -1.03. The number of nitrogens with one attached hydrogen (secondary N) is 1. The van der Waals surface area contributed by atoms with E-state index in [0.717, 1.165) is 45.4 Å². The van der Waals surface area contributed by atoms with Crippen molar-refractivity contribution >= 4 is 62.0 Å². The van der Waals surface area contributed by atoms with E-state index in [1.807, 2.05) is 34.6 Å². The summed E-state index contributed by atoms with van der Waals surface area (Å²) in [5.74, 6) is -5.01. The number of amides is 1. The highest BCUT2D eigenvalue weighted by atomic mass is 16.7. The number of rotatable bonds is 7. The smallest absolute Gasteiger partial charge is 0.307 e. The molecule has 3 aliphatic rings. The summed E-state index contributed by atoms with van der Waals surface area (Å²) in [6.45, 7) is 21.3. The minimum atomic E-state index is -1.94. The van der Waals surface area contributed by atoms with Gasteiger partial charge in [-0.1, -0.05) is 59.8 Å². The number of fused-ring (bicyclic) bond motifs is 5. The number of aliphatic hydroxyl groups excluding tert-OH is 2. The highest BCUT2D eigenvalue weighted by molar-refractivity contribution is 6.16. The number of piperidine rings is 1. The SMILES string of the molecule is CCC[NH2+]CC1CCN(c2cc(=O)c3nc4c(oc3c2)c2c(=O)c3c(O)c(C)c5c(c34)=C(O)[C@@](C)(O/C=C/[C@H](OC)[C@@H](C)[C@@H](OC(C)=O)[C@H](C)[C@H](C)[C@H](C)[C@@H](O)[C@@H](C)/C=C/C=C(/C)C(=O)N2)O5)CC1. The van der Waals surface area contributed by atoms with E-state index in [-0.39, 0.29) is 84.4 Å². The van der Waals surface area contributed by atoms with Crippen LogP contribution in [0.15, 0.2) is 62.3 Å². The summed E-state index contributed by atoms with van der Waals surface area (Å²) in [6, 6.07) is 3.22. The lowest BCUT2D eigenvalue weighted by Gasteiger charge is -2.39. The van der Waals surface area contributed by atoms with Crippen LogP contribution in [0.25, 0.3) is 38.7 Å². The standard InChI is InChI=1S/C53H68N4O12/c1-12-19-54-25-34-16-20-57(21-17-34)35-23-36(59)42-38(24-35)68-50-43(55-42)39-40-46(61)32(8)49-41(39)51(63)53(10,69-49)66-22-18-37(65-11)31(7)48(67-33(9)58)30(6)28(4)29(5)45(60)26(2)14-13-15-27(3)52(64)56-44(50)47(40)62/h13-15,18,22-24,26,28-31,34,37,45,48,54,60-61,63H,12,16-17,19-21,25H2,1-11H3,(H,56,64)/p+1/b14-13+,22-18+,27-15-/t26-,28+,29-,30+,31+,37-,45-,48-,53-/m0/s1. The number of hydrogen-bond acceptors (Lipinski definition) is 14. The number of quaternary nitrogens is 1. The van der Waals surface area contributed by atoms with Crippen LogP contribution in [0, 0.1) is 42.4 Å². The summed E-state index contributed by atoms with van der Waals surface area (Å²) in [4.78, 5) is 62.6. The molecule has 1 saturated heterocycles. The van der Waals surface area contributed by atoms with Crippen molar-refractivity contribution in [1.82, 2.24) is 4.98 Å². The van der Waals surface area contributed by atoms with Crippen LogP contribution in [0.3, 0.4) is 0 Å². The second-order valence-electron chi connectivity index (χ2n) is 19.6. The zero-order valence-electron chi connectivity index (χ0n) is 41.7. The Kier molecular flexibility index (Phi) is 15.2. The molecule has 3 aliphatic heterocycles. The first-order valence-electron chi connectivity index (χ1n) is 24.2. The molecule has 4 heterocycles. The van der Waals surface area contributed by atoms with Gasteiger partial charge < -0.3 is 54.2 Å². The Balaban J connectivity index is 1.44. The number of nitrogens with two attached hydrogens (primary N) is 1. The Hall–Kier alpha value is -5.97. The molecule has 9 atom stereocenters. The fourth-order valence-corrected chi connectivity index (χ4v) is 10.3. The third-order valence-electron chi connectivity index (χ3n) is 15.0. The molecule has 1 amide bonds. The number of aromatic nitrogens is 1. The third-order valence-corrected chi connectivity index (χ3v) is 15.0. The molecule has 69 heavy (non-hydrogen) atoms. The first-order valence-corrected chi connectivity index (χ1v) is 24.2. The number of carbonyl (C=O) groups excluding carboxylic acids is 2. The number of anilines is 2. The summed E-state index contributed by atoms with van der Waals surface area (Å²) in [5, 5.41) is 40.4. The second-order valence-corrected chi connectivity index (χ2v) is 19.6. The number of nitrogens with zero attached hydrogens (tertiary/aromatic N) is 2. The first kappa shape index (κ1) is 50.9. The van der Waals surface area contributed by atoms with Gasteiger partial charge in [-0.2, -0.15) is 0 Å². The lowest BCUT2D eigenvalue weighted by atomic mass is 9.73. The van der Waals surface area contributed by atoms with Crippen LogP contribution in [0.2, 0.25) is 0 Å². The molecule has 0 radical (unpaired) electrons. The topological polar surface area (TPSA) is 224 Å². The van der Waals surface area contributed by atoms with Crippen molar-refractivity contribution in [3.63, 3.8) is 0 Å². The fraction of sp³-hybridized carbons (Fsp3) is 0.528. The van der Waals surface area contributed by atoms with E-state index in [4.69, 9.17) is 28.3 Å². The van der Waals surface area contributed by atoms with Gasteiger partial charge in [0.25, 0.3) is 5.91 Å². The predicted octanol–water partition coefficient (Wildman–Crippen LogP) is 6.03. The molecule has 4 aromatic rings. The molecule has 5 bridgehead atoms. The zero-order chi connectivity index (χ0) is 50.2. The predicted molar refractivity (Wildman–Crippen MR) is 265 cm³/mol. The molecule has 16 heteroatoms. The molecule has 0 saturated carbocycles. The minimum absolute atomic E-state index is 0.0165. The van der Waals surface area contributed by atoms with E-state index in [2.05, 4.69) is 22.5 Å². The molecule has 372 valence electrons. The summed E-state index contributed by atoms with van der Waals surface area (Å²) in [7, 11) is 1.51. The number of phenols is 1. The maximum Gasteiger partial charge on any atom is 0.307 e. The average molecular weight is 954 g/mol. The van der Waals surface area contributed by atoms with Gasteiger partial charge in [0.2, 0.25) is 10.9 Å². The number of hydrogen-bond donors (Lipinski definition) is 5. The Morgan fingerprint density at radius 2 is 1.70 bits per heavy atom. The van der Waals surface area contributed by atoms with Gasteiger partial charge in [-0.25, -0.2) is 4.98 Å². The van der Waals surface area contributed by atoms with Crippen molar-refractivity contribution in [2.45, 2.75) is 113 Å². The number of ether oxygens (including phenoxy) is 4. The van der Waals surface area contributed by atoms with Gasteiger partial charge in [0.15, 0.2) is 22.4 Å². The number of carbonyl (C=O) groups is 2. The van der Waals surface area contributed by atoms with Crippen molar-refractivity contribution in [3.8, 4) is 11.5 Å². The number of methoxy groups -OCH3 is 1. The Morgan fingerprint density at radius 3 is 2.36 bits per heavy atom. The number of phenolic OH excluding ortho intramolecular Hbond substituents is 1. The molecule has 0 unspecified atom stereocenters. The maximum absolute atomic E-state index is 14.9. The highest BCUT2D eigenvalue weighted by Gasteiger charge is 2.44. The molecule has 6 N–H and O–H groups in total. The van der Waals surface area contributed by atoms with Crippen LogP contribution in [-0.2, 0) is 23.8 Å². The molecule has 7 rings (SSSR count). The van der Waals surface area contributed by atoms with Gasteiger partial charge in [-0.3, -0.25) is 19.2 Å². The Labute approximate surface area is 402 Å². The van der Waals surface area contributed by atoms with Crippen molar-refractivity contribution in [2.24, 2.45) is 35.5 Å². The number of allylic oxidation sites excluding steroid dienone is 2. The lowest BCUT2D eigenvalue weighted by Crippen LogP contribution is -2.85. The van der Waals surface area contributed by atoms with Crippen LogP contribution in [0.1, 0.15) is 87.1 Å². The number of benzene rings is 3. The van der Waals surface area contributed by atoms with Gasteiger partial charge in [0.05, 0.1) is 42.2 Å². The van der Waals surface area contributed by atoms with Crippen molar-refractivity contribution in [1.29, 1.82) is 0 Å². The average Bonchev–Trinajstić information content (AvgIpc) is 3.59. The summed E-state index contributed by atoms with van der Waals surface area (Å²) in [6.07, 6.45) is 8.78. The zero-order valence-corrected chi connectivity index (χ0v) is 41.7. The lowest BCUT2D eigenvalue weighted by molar-refractivity contribution is -0.660. The summed E-state index contributed by atoms with van der Waals surface area (Å²) < 4.78 is 30.9. The first-order chi connectivity index (χ1) is 32.7. The molecule has 3 aromatic carbocycles. The number of aromatic hydroxyl groups is 1. The molecule has 1 aromatic heterocycles. The van der Waals surface area contributed by atoms with Gasteiger partial charge in [-0.15, -0.1) is 0 Å². The van der Waals surface area contributed by atoms with Crippen molar-refractivity contribution in [3.05, 3.63) is 79.5 Å². The second kappa shape index (κ2) is 20.6. The van der Waals surface area contributed by atoms with Gasteiger partial charge >= 0.3 is 11.8 Å². The van der Waals surface area contributed by atoms with E-state index in [1.165, 1.54) is 40.2 Å². The number of aliphatic hydroxyl groups is 2. The van der Waals surface area contributed by atoms with Gasteiger partial charge in [0.1, 0.15) is 28.8 Å². The van der Waals surface area contributed by atoms with E-state index >= 15 is 0 Å². The number of esters is 1. The molecule has 0 spiro atoms. The quantitative estimate of drug-likeness (QED) is 0.0618. The van der Waals surface area contributed by atoms with Crippen LogP contribution >= 0.6 is 0 Å². The van der Waals surface area contributed by atoms with Gasteiger partial charge in [-0.05, 0) is 56.9 Å². The molecule has 0 aliphatic carbocycles. The van der Waals surface area contributed by atoms with Crippen LogP contribution in [-0.4, -0.2) is 89.6 Å². The fourth-order valence-electron chi connectivity index (χ4n) is 10.3. The Bertz CT molecular complexity index is 2900. The van der Waals surface area contributed by atoms with Crippen LogP contribution in [0.5, 0.6) is 11.5 Å². The van der Waals surface area contributed by atoms with E-state index in [0.29, 0.717) is 11.6 Å². The molecular weight excluding hydrogens is 885 g/mol. The van der Waals surface area contributed by atoms with E-state index < -0.39 is 64.3 Å². The maximum atomic E-state index is 14.9. The summed E-state index contributed by atoms with van der Waals surface area (Å²) >= 11 is 0. The minimum Gasteiger partial charge on any atom is -0.507 e. The third kappa shape index (κ3) is 9.80. The molecule has 16 nitrogen and oxygen atoms in total. The molecule has 1 fully saturated rings. The van der Waals surface area contributed by atoms with Crippen LogP contribution < -0.4 is 36.3 Å². The van der Waals surface area contributed by atoms with Crippen LogP contribution in [0.4, 0.5) is 11.4 Å². The highest BCUT2D eigenvalue weighted by Crippen LogP contribution is 2.42. The molecular formula is C53H69N4O12+. The van der Waals surface area contributed by atoms with E-state index in [1.54, 1.807) is 37.3 Å². The van der Waals surface area contributed by atoms with E-state index in [9.17, 15) is 34.5 Å². The van der Waals surface area contributed by atoms with Crippen molar-refractivity contribution < 1.29 is 53.6 Å². The largest absolute Gasteiger partial charge is 0.507 e.